The van der Waals surface area contributed by atoms with Crippen molar-refractivity contribution in [2.45, 2.75) is 19.1 Å². The van der Waals surface area contributed by atoms with Crippen LogP contribution in [-0.4, -0.2) is 23.5 Å². The first-order valence-electron chi connectivity index (χ1n) is 5.10. The average Bonchev–Trinajstić information content (AvgIpc) is 2.27. The topological polar surface area (TPSA) is 94.0 Å². The highest BCUT2D eigenvalue weighted by Crippen LogP contribution is 2.29. The summed E-state index contributed by atoms with van der Waals surface area (Å²) in [6.45, 7) is 1.82. The molecule has 1 amide bonds. The number of carbonyl (C=O) groups is 1. The van der Waals surface area contributed by atoms with Crippen molar-refractivity contribution in [2.24, 2.45) is 11.5 Å². The van der Waals surface area contributed by atoms with Crippen LogP contribution in [0.5, 0.6) is 0 Å². The number of carbonyl (C=O) groups excluding carboxylic acids is 1. The summed E-state index contributed by atoms with van der Waals surface area (Å²) in [7, 11) is 0. The Morgan fingerprint density at radius 1 is 1.50 bits per heavy atom. The van der Waals surface area contributed by atoms with Gasteiger partial charge in [-0.25, -0.2) is 4.98 Å². The Hall–Kier alpha value is -1.83. The van der Waals surface area contributed by atoms with E-state index in [9.17, 15) is 18.0 Å². The number of pyridine rings is 1. The summed E-state index contributed by atoms with van der Waals surface area (Å²) in [4.78, 5) is 14.4. The summed E-state index contributed by atoms with van der Waals surface area (Å²) in [5.41, 5.74) is 9.19. The quantitative estimate of drug-likeness (QED) is 0.753. The molecule has 5 N–H and O–H groups in total. The highest BCUT2D eigenvalue weighted by molar-refractivity contribution is 5.97. The minimum atomic E-state index is -4.58. The number of nitrogens with zero attached hydrogens (tertiary/aromatic N) is 1. The molecule has 0 spiro atoms. The Morgan fingerprint density at radius 3 is 2.56 bits per heavy atom. The van der Waals surface area contributed by atoms with Crippen LogP contribution in [0, 0.1) is 0 Å². The van der Waals surface area contributed by atoms with Crippen molar-refractivity contribution < 1.29 is 18.0 Å². The molecule has 0 bridgehead atoms. The normalized spacial score (nSPS) is 13.2. The molecule has 1 aromatic heterocycles. The fraction of sp³-hybridized carbons (Fsp3) is 0.400. The van der Waals surface area contributed by atoms with Gasteiger partial charge >= 0.3 is 6.18 Å². The number of halogens is 3. The lowest BCUT2D eigenvalue weighted by Crippen LogP contribution is -2.28. The maximum Gasteiger partial charge on any atom is 0.433 e. The molecule has 1 unspecified atom stereocenters. The molecule has 0 radical (unpaired) electrons. The van der Waals surface area contributed by atoms with Crippen LogP contribution in [0.1, 0.15) is 23.0 Å². The van der Waals surface area contributed by atoms with Crippen molar-refractivity contribution >= 4 is 11.7 Å². The smallest absolute Gasteiger partial charge is 0.366 e. The van der Waals surface area contributed by atoms with E-state index in [0.717, 1.165) is 6.07 Å². The van der Waals surface area contributed by atoms with E-state index in [4.69, 9.17) is 11.5 Å². The lowest BCUT2D eigenvalue weighted by Gasteiger charge is -2.16. The lowest BCUT2D eigenvalue weighted by atomic mass is 10.2. The number of primary amides is 1. The molecular formula is C10H13F3N4O. The first-order valence-corrected chi connectivity index (χ1v) is 5.10. The van der Waals surface area contributed by atoms with E-state index in [1.807, 2.05) is 0 Å². The van der Waals surface area contributed by atoms with E-state index in [0.29, 0.717) is 6.07 Å². The molecule has 0 saturated carbocycles. The summed E-state index contributed by atoms with van der Waals surface area (Å²) in [5.74, 6) is -1.07. The van der Waals surface area contributed by atoms with Crippen LogP contribution in [-0.2, 0) is 6.18 Å². The average molecular weight is 262 g/mol. The zero-order valence-corrected chi connectivity index (χ0v) is 9.58. The summed E-state index contributed by atoms with van der Waals surface area (Å²) >= 11 is 0. The molecule has 1 rings (SSSR count). The number of nitrogens with two attached hydrogens (primary N) is 2. The molecule has 18 heavy (non-hydrogen) atoms. The molecule has 0 fully saturated rings. The molecule has 0 aliphatic rings. The van der Waals surface area contributed by atoms with Crippen LogP contribution in [0.2, 0.25) is 0 Å². The Labute approximate surface area is 101 Å². The van der Waals surface area contributed by atoms with Crippen molar-refractivity contribution in [3.63, 3.8) is 0 Å². The Morgan fingerprint density at radius 2 is 2.11 bits per heavy atom. The van der Waals surface area contributed by atoms with Gasteiger partial charge in [0.25, 0.3) is 5.91 Å². The SMILES string of the molecule is CC(CN)Nc1nc(C(F)(F)F)ccc1C(N)=O. The Bertz CT molecular complexity index is 447. The van der Waals surface area contributed by atoms with E-state index < -0.39 is 17.8 Å². The van der Waals surface area contributed by atoms with Crippen molar-refractivity contribution in [3.05, 3.63) is 23.4 Å². The molecular weight excluding hydrogens is 249 g/mol. The largest absolute Gasteiger partial charge is 0.433 e. The monoisotopic (exact) mass is 262 g/mol. The molecule has 0 aromatic carbocycles. The van der Waals surface area contributed by atoms with Gasteiger partial charge in [-0.05, 0) is 19.1 Å². The van der Waals surface area contributed by atoms with Crippen LogP contribution in [0.4, 0.5) is 19.0 Å². The van der Waals surface area contributed by atoms with Gasteiger partial charge in [0, 0.05) is 12.6 Å². The van der Waals surface area contributed by atoms with E-state index in [1.54, 1.807) is 6.92 Å². The van der Waals surface area contributed by atoms with Gasteiger partial charge in [-0.3, -0.25) is 4.79 Å². The van der Waals surface area contributed by atoms with Crippen LogP contribution < -0.4 is 16.8 Å². The molecule has 0 aliphatic heterocycles. The van der Waals surface area contributed by atoms with Gasteiger partial charge in [0.15, 0.2) is 0 Å². The predicted octanol–water partition coefficient (Wildman–Crippen LogP) is 0.958. The molecule has 1 atom stereocenters. The Balaban J connectivity index is 3.20. The summed E-state index contributed by atoms with van der Waals surface area (Å²) in [6.07, 6.45) is -4.58. The molecule has 5 nitrogen and oxygen atoms in total. The first-order chi connectivity index (χ1) is 8.25. The van der Waals surface area contributed by atoms with E-state index in [2.05, 4.69) is 10.3 Å². The third-order valence-corrected chi connectivity index (χ3v) is 2.19. The molecule has 100 valence electrons. The number of alkyl halides is 3. The van der Waals surface area contributed by atoms with Crippen LogP contribution in [0.25, 0.3) is 0 Å². The summed E-state index contributed by atoms with van der Waals surface area (Å²) in [6, 6.07) is 1.36. The van der Waals surface area contributed by atoms with Gasteiger partial charge in [0.2, 0.25) is 0 Å². The van der Waals surface area contributed by atoms with Crippen LogP contribution in [0.3, 0.4) is 0 Å². The number of rotatable bonds is 4. The van der Waals surface area contributed by atoms with Gasteiger partial charge in [-0.1, -0.05) is 0 Å². The number of hydrogen-bond acceptors (Lipinski definition) is 4. The highest BCUT2D eigenvalue weighted by atomic mass is 19.4. The fourth-order valence-electron chi connectivity index (χ4n) is 1.22. The molecule has 1 aromatic rings. The molecule has 1 heterocycles. The third kappa shape index (κ3) is 3.33. The Kier molecular flexibility index (Phi) is 4.12. The van der Waals surface area contributed by atoms with Crippen LogP contribution >= 0.6 is 0 Å². The lowest BCUT2D eigenvalue weighted by molar-refractivity contribution is -0.141. The predicted molar refractivity (Wildman–Crippen MR) is 59.9 cm³/mol. The minimum absolute atomic E-state index is 0.108. The fourth-order valence-corrected chi connectivity index (χ4v) is 1.22. The number of anilines is 1. The second kappa shape index (κ2) is 5.21. The standard InChI is InChI=1S/C10H13F3N4O/c1-5(4-14)16-9-6(8(15)18)2-3-7(17-9)10(11,12)13/h2-3,5H,4,14H2,1H3,(H2,15,18)(H,16,17). The second-order valence-corrected chi connectivity index (χ2v) is 3.74. The van der Waals surface area contributed by atoms with Gasteiger partial charge < -0.3 is 16.8 Å². The number of amides is 1. The third-order valence-electron chi connectivity index (χ3n) is 2.19. The molecule has 0 aliphatic carbocycles. The zero-order valence-electron chi connectivity index (χ0n) is 9.58. The number of aromatic nitrogens is 1. The molecule has 8 heteroatoms. The van der Waals surface area contributed by atoms with Gasteiger partial charge in [0.1, 0.15) is 11.5 Å². The zero-order chi connectivity index (χ0) is 13.9. The number of hydrogen-bond donors (Lipinski definition) is 3. The highest BCUT2D eigenvalue weighted by Gasteiger charge is 2.33. The van der Waals surface area contributed by atoms with Gasteiger partial charge in [-0.2, -0.15) is 13.2 Å². The maximum atomic E-state index is 12.5. The van der Waals surface area contributed by atoms with Crippen molar-refractivity contribution in [1.29, 1.82) is 0 Å². The van der Waals surface area contributed by atoms with E-state index in [-0.39, 0.29) is 24.0 Å². The van der Waals surface area contributed by atoms with Gasteiger partial charge in [-0.15, -0.1) is 0 Å². The minimum Gasteiger partial charge on any atom is -0.366 e. The summed E-state index contributed by atoms with van der Waals surface area (Å²) < 4.78 is 37.5. The van der Waals surface area contributed by atoms with Gasteiger partial charge in [0.05, 0.1) is 5.56 Å². The van der Waals surface area contributed by atoms with E-state index in [1.165, 1.54) is 0 Å². The second-order valence-electron chi connectivity index (χ2n) is 3.74. The van der Waals surface area contributed by atoms with Crippen LogP contribution in [0.15, 0.2) is 12.1 Å². The first kappa shape index (κ1) is 14.2. The molecule has 0 saturated heterocycles. The maximum absolute atomic E-state index is 12.5. The van der Waals surface area contributed by atoms with Crippen molar-refractivity contribution in [2.75, 3.05) is 11.9 Å². The van der Waals surface area contributed by atoms with Crippen molar-refractivity contribution in [3.8, 4) is 0 Å². The number of nitrogens with one attached hydrogen (secondary N) is 1. The van der Waals surface area contributed by atoms with Crippen molar-refractivity contribution in [1.82, 2.24) is 4.98 Å². The van der Waals surface area contributed by atoms with E-state index >= 15 is 0 Å². The summed E-state index contributed by atoms with van der Waals surface area (Å²) in [5, 5.41) is 2.62.